The molecule has 0 saturated heterocycles. The fourth-order valence-corrected chi connectivity index (χ4v) is 10.2. The van der Waals surface area contributed by atoms with Crippen molar-refractivity contribution in [3.63, 3.8) is 0 Å². The van der Waals surface area contributed by atoms with E-state index >= 15 is 0 Å². The van der Waals surface area contributed by atoms with E-state index in [1.165, 1.54) is 0 Å². The molecule has 0 bridgehead atoms. The molecule has 0 aliphatic carbocycles. The third kappa shape index (κ3) is 20.5. The van der Waals surface area contributed by atoms with E-state index in [9.17, 15) is 51.9 Å². The molecule has 19 heteroatoms. The number of rotatable bonds is 28. The number of para-hydroxylation sites is 2. The Morgan fingerprint density at radius 3 is 0.906 bits per heavy atom. The van der Waals surface area contributed by atoms with E-state index in [2.05, 4.69) is 23.8 Å². The van der Waals surface area contributed by atoms with Crippen LogP contribution in [0, 0.1) is 0 Å². The van der Waals surface area contributed by atoms with Crippen LogP contribution in [0.25, 0.3) is 0 Å². The minimum absolute atomic E-state index is 0.309. The minimum atomic E-state index is -4.07. The van der Waals surface area contributed by atoms with Gasteiger partial charge in [-0.15, -0.1) is 18.5 Å². The van der Waals surface area contributed by atoms with E-state index in [1.807, 2.05) is 48.5 Å². The molecule has 0 spiro atoms. The van der Waals surface area contributed by atoms with Crippen molar-refractivity contribution >= 4 is 70.3 Å². The molecule has 2 atom stereocenters. The van der Waals surface area contributed by atoms with E-state index in [0.29, 0.717) is 103 Å². The van der Waals surface area contributed by atoms with E-state index in [0.717, 1.165) is 22.5 Å². The molecule has 0 fully saturated rings. The summed E-state index contributed by atoms with van der Waals surface area (Å²) < 4.78 is 127. The van der Waals surface area contributed by atoms with E-state index in [4.69, 9.17) is 0 Å². The lowest BCUT2D eigenvalue weighted by Crippen LogP contribution is -2.22. The van der Waals surface area contributed by atoms with Gasteiger partial charge in [0.15, 0.2) is 0 Å². The summed E-state index contributed by atoms with van der Waals surface area (Å²) in [5, 5.41) is 2.68. The SMILES string of the molecule is O=S(=O)(O)CCCCCC(P)(CCCCCS(=O)(=O)O)c1ccccc1Nc1ccccc1C(P)(CCCCCS(=O)(=O)O)CCCCCS(=O)(=O)O. The molecule has 0 amide bonds. The van der Waals surface area contributed by atoms with Gasteiger partial charge in [0.05, 0.1) is 23.0 Å². The monoisotopic (exact) mass is 861 g/mol. The van der Waals surface area contributed by atoms with Crippen molar-refractivity contribution in [3.05, 3.63) is 59.7 Å². The largest absolute Gasteiger partial charge is 0.355 e. The summed E-state index contributed by atoms with van der Waals surface area (Å²) in [6.07, 6.45) is 8.80. The summed E-state index contributed by atoms with van der Waals surface area (Å²) in [6, 6.07) is 15.7. The number of anilines is 2. The van der Waals surface area contributed by atoms with Crippen LogP contribution in [0.5, 0.6) is 0 Å². The molecule has 13 nitrogen and oxygen atoms in total. The Morgan fingerprint density at radius 1 is 0.415 bits per heavy atom. The van der Waals surface area contributed by atoms with Gasteiger partial charge in [0, 0.05) is 21.7 Å². The molecule has 0 aliphatic rings. The molecule has 0 saturated carbocycles. The standard InChI is InChI=1S/C34H57NO12P2S4/c36-50(37,38)25-13-1-9-21-33(48,22-10-2-14-26-51(39,40)41)29-17-5-7-19-31(29)35-32-20-8-6-18-30(32)34(49,23-11-3-15-27-52(42,43)44)24-12-4-16-28-53(45,46)47/h5-8,17-20,35H,1-4,9-16,21-28,48-49H2,(H,36,37,38)(H,39,40,41)(H,42,43,44)(H,45,46,47). The van der Waals surface area contributed by atoms with Gasteiger partial charge in [-0.1, -0.05) is 87.8 Å². The van der Waals surface area contributed by atoms with Crippen molar-refractivity contribution in [1.82, 2.24) is 0 Å². The number of hydrogen-bond donors (Lipinski definition) is 5. The maximum absolute atomic E-state index is 11.3. The van der Waals surface area contributed by atoms with Crippen molar-refractivity contribution < 1.29 is 51.9 Å². The predicted molar refractivity (Wildman–Crippen MR) is 218 cm³/mol. The van der Waals surface area contributed by atoms with Gasteiger partial charge in [0.1, 0.15) is 0 Å². The highest BCUT2D eigenvalue weighted by Gasteiger charge is 2.31. The van der Waals surface area contributed by atoms with Crippen molar-refractivity contribution in [2.75, 3.05) is 28.3 Å². The van der Waals surface area contributed by atoms with Gasteiger partial charge in [-0.25, -0.2) is 0 Å². The van der Waals surface area contributed by atoms with E-state index in [1.54, 1.807) is 0 Å². The van der Waals surface area contributed by atoms with Crippen molar-refractivity contribution in [2.45, 2.75) is 113 Å². The Bertz CT molecular complexity index is 1650. The third-order valence-corrected chi connectivity index (χ3v) is 14.3. The normalized spacial score (nSPS) is 13.3. The first-order valence-electron chi connectivity index (χ1n) is 17.9. The maximum Gasteiger partial charge on any atom is 0.264 e. The second kappa shape index (κ2) is 21.9. The molecule has 2 unspecified atom stereocenters. The van der Waals surface area contributed by atoms with Gasteiger partial charge in [-0.3, -0.25) is 18.2 Å². The number of benzene rings is 2. The number of hydrogen-bond acceptors (Lipinski definition) is 9. The van der Waals surface area contributed by atoms with Crippen LogP contribution in [0.3, 0.4) is 0 Å². The van der Waals surface area contributed by atoms with E-state index in [-0.39, 0.29) is 23.0 Å². The molecule has 2 aromatic carbocycles. The molecule has 53 heavy (non-hydrogen) atoms. The minimum Gasteiger partial charge on any atom is -0.355 e. The summed E-state index contributed by atoms with van der Waals surface area (Å²) in [5.41, 5.74) is 3.63. The Balaban J connectivity index is 2.41. The third-order valence-electron chi connectivity index (χ3n) is 9.30. The van der Waals surface area contributed by atoms with Gasteiger partial charge in [0.2, 0.25) is 0 Å². The first-order chi connectivity index (χ1) is 24.5. The summed E-state index contributed by atoms with van der Waals surface area (Å²) in [5.74, 6) is -1.28. The maximum atomic E-state index is 11.3. The summed E-state index contributed by atoms with van der Waals surface area (Å²) in [4.78, 5) is 0. The highest BCUT2D eigenvalue weighted by molar-refractivity contribution is 7.86. The van der Waals surface area contributed by atoms with Gasteiger partial charge in [0.25, 0.3) is 40.5 Å². The fraction of sp³-hybridized carbons (Fsp3) is 0.647. The van der Waals surface area contributed by atoms with Gasteiger partial charge in [-0.05, 0) is 74.6 Å². The highest BCUT2D eigenvalue weighted by atomic mass is 32.2. The Labute approximate surface area is 321 Å². The zero-order valence-electron chi connectivity index (χ0n) is 30.1. The summed E-state index contributed by atoms with van der Waals surface area (Å²) >= 11 is 0. The lowest BCUT2D eigenvalue weighted by Gasteiger charge is -2.35. The van der Waals surface area contributed by atoms with Gasteiger partial charge in [-0.2, -0.15) is 33.7 Å². The van der Waals surface area contributed by atoms with Crippen molar-refractivity contribution in [2.24, 2.45) is 0 Å². The Kier molecular flexibility index (Phi) is 19.8. The second-order valence-electron chi connectivity index (χ2n) is 13.9. The van der Waals surface area contributed by atoms with Crippen LogP contribution in [0.4, 0.5) is 11.4 Å². The Morgan fingerprint density at radius 2 is 0.660 bits per heavy atom. The average molecular weight is 862 g/mol. The van der Waals surface area contributed by atoms with Crippen molar-refractivity contribution in [3.8, 4) is 0 Å². The van der Waals surface area contributed by atoms with E-state index < -0.39 is 50.8 Å². The van der Waals surface area contributed by atoms with Crippen LogP contribution in [0.1, 0.15) is 114 Å². The number of unbranched alkanes of at least 4 members (excludes halogenated alkanes) is 8. The van der Waals surface area contributed by atoms with Crippen LogP contribution in [-0.4, -0.2) is 74.9 Å². The van der Waals surface area contributed by atoms with Crippen molar-refractivity contribution in [1.29, 1.82) is 0 Å². The molecular weight excluding hydrogens is 805 g/mol. The summed E-state index contributed by atoms with van der Waals surface area (Å²) in [7, 11) is -10.3. The summed E-state index contributed by atoms with van der Waals surface area (Å²) in [6.45, 7) is 0. The van der Waals surface area contributed by atoms with Gasteiger partial charge < -0.3 is 5.32 Å². The molecular formula is C34H57NO12P2S4. The lowest BCUT2D eigenvalue weighted by molar-refractivity contribution is 0.456. The molecule has 2 rings (SSSR count). The first-order valence-corrected chi connectivity index (χ1v) is 25.5. The van der Waals surface area contributed by atoms with Crippen LogP contribution in [-0.2, 0) is 50.8 Å². The zero-order valence-corrected chi connectivity index (χ0v) is 35.7. The lowest BCUT2D eigenvalue weighted by atomic mass is 9.85. The molecule has 304 valence electrons. The highest BCUT2D eigenvalue weighted by Crippen LogP contribution is 2.48. The van der Waals surface area contributed by atoms with Crippen LogP contribution in [0.15, 0.2) is 48.5 Å². The smallest absolute Gasteiger partial charge is 0.264 e. The molecule has 0 aliphatic heterocycles. The van der Waals surface area contributed by atoms with Crippen LogP contribution < -0.4 is 5.32 Å². The molecule has 0 heterocycles. The zero-order chi connectivity index (χ0) is 39.8. The first kappa shape index (κ1) is 47.9. The number of nitrogens with one attached hydrogen (secondary N) is 1. The van der Waals surface area contributed by atoms with Crippen LogP contribution in [0.2, 0.25) is 0 Å². The predicted octanol–water partition coefficient (Wildman–Crippen LogP) is 7.36. The molecule has 0 radical (unpaired) electrons. The fourth-order valence-electron chi connectivity index (χ4n) is 6.59. The molecule has 0 aromatic heterocycles. The second-order valence-corrected chi connectivity index (χ2v) is 22.4. The average Bonchev–Trinajstić information content (AvgIpc) is 3.02. The Hall–Kier alpha value is -1.26. The van der Waals surface area contributed by atoms with Gasteiger partial charge >= 0.3 is 0 Å². The molecule has 5 N–H and O–H groups in total. The quantitative estimate of drug-likeness (QED) is 0.0320. The van der Waals surface area contributed by atoms with Crippen LogP contribution >= 0.6 is 18.5 Å². The molecule has 2 aromatic rings. The topological polar surface area (TPSA) is 230 Å².